The number of fused-ring (bicyclic) bond motifs is 1. The molecule has 2 aliphatic rings. The van der Waals surface area contributed by atoms with Gasteiger partial charge in [0, 0.05) is 30.0 Å². The third-order valence-electron chi connectivity index (χ3n) is 6.32. The molecule has 7 nitrogen and oxygen atoms in total. The van der Waals surface area contributed by atoms with Gasteiger partial charge in [-0.05, 0) is 30.0 Å². The number of anilines is 1. The Bertz CT molecular complexity index is 935. The number of benzene rings is 1. The van der Waals surface area contributed by atoms with Gasteiger partial charge in [0.2, 0.25) is 11.8 Å². The van der Waals surface area contributed by atoms with Gasteiger partial charge in [-0.25, -0.2) is 4.68 Å². The summed E-state index contributed by atoms with van der Waals surface area (Å²) in [5.41, 5.74) is 3.03. The van der Waals surface area contributed by atoms with Crippen LogP contribution in [-0.2, 0) is 34.2 Å². The molecule has 8 heteroatoms. The molecule has 0 radical (unpaired) electrons. The van der Waals surface area contributed by atoms with Crippen LogP contribution in [-0.4, -0.2) is 28.7 Å². The summed E-state index contributed by atoms with van der Waals surface area (Å²) in [6, 6.07) is 7.60. The maximum Gasteiger partial charge on any atom is 0.242 e. The van der Waals surface area contributed by atoms with Gasteiger partial charge in [0.15, 0.2) is 0 Å². The molecule has 0 atom stereocenters. The number of hydrogen-bond donors (Lipinski definition) is 2. The first-order valence-corrected chi connectivity index (χ1v) is 12.6. The molecule has 2 amide bonds. The normalized spacial score (nSPS) is 15.9. The second-order valence-electron chi connectivity index (χ2n) is 8.64. The fourth-order valence-corrected chi connectivity index (χ4v) is 5.50. The van der Waals surface area contributed by atoms with E-state index < -0.39 is 0 Å². The Morgan fingerprint density at radius 2 is 1.91 bits per heavy atom. The summed E-state index contributed by atoms with van der Waals surface area (Å²) in [6.07, 6.45) is 7.86. The minimum absolute atomic E-state index is 0.0232. The van der Waals surface area contributed by atoms with Crippen molar-refractivity contribution in [2.24, 2.45) is 5.92 Å². The van der Waals surface area contributed by atoms with Crippen LogP contribution in [0.25, 0.3) is 0 Å². The van der Waals surface area contributed by atoms with Crippen LogP contribution in [0.15, 0.2) is 24.3 Å². The zero-order valence-electron chi connectivity index (χ0n) is 18.7. The van der Waals surface area contributed by atoms with Crippen molar-refractivity contribution in [1.82, 2.24) is 15.1 Å². The number of rotatable bonds is 9. The third-order valence-corrected chi connectivity index (χ3v) is 7.29. The van der Waals surface area contributed by atoms with E-state index in [0.717, 1.165) is 40.5 Å². The van der Waals surface area contributed by atoms with E-state index >= 15 is 0 Å². The first kappa shape index (κ1) is 22.7. The van der Waals surface area contributed by atoms with E-state index in [1.165, 1.54) is 32.1 Å². The van der Waals surface area contributed by atoms with Crippen LogP contribution in [0, 0.1) is 5.92 Å². The second-order valence-corrected chi connectivity index (χ2v) is 9.63. The lowest BCUT2D eigenvalue weighted by Crippen LogP contribution is -2.29. The molecule has 1 fully saturated rings. The van der Waals surface area contributed by atoms with E-state index in [1.54, 1.807) is 23.6 Å². The summed E-state index contributed by atoms with van der Waals surface area (Å²) >= 11 is 1.79. The van der Waals surface area contributed by atoms with Crippen molar-refractivity contribution in [2.75, 3.05) is 12.4 Å². The molecule has 0 spiro atoms. The van der Waals surface area contributed by atoms with Gasteiger partial charge in [0.1, 0.15) is 18.1 Å². The zero-order valence-corrected chi connectivity index (χ0v) is 19.5. The van der Waals surface area contributed by atoms with Crippen molar-refractivity contribution < 1.29 is 14.3 Å². The lowest BCUT2D eigenvalue weighted by molar-refractivity contribution is -0.122. The first-order valence-electron chi connectivity index (χ1n) is 11.5. The van der Waals surface area contributed by atoms with Crippen LogP contribution < -0.4 is 15.4 Å². The molecule has 1 aromatic heterocycles. The van der Waals surface area contributed by atoms with Gasteiger partial charge in [0.05, 0.1) is 12.8 Å². The first-order chi connectivity index (χ1) is 15.6. The van der Waals surface area contributed by atoms with Gasteiger partial charge in [-0.2, -0.15) is 16.9 Å². The largest absolute Gasteiger partial charge is 0.497 e. The molecule has 1 aliphatic heterocycles. The highest BCUT2D eigenvalue weighted by molar-refractivity contribution is 7.98. The van der Waals surface area contributed by atoms with Crippen molar-refractivity contribution >= 4 is 29.4 Å². The van der Waals surface area contributed by atoms with Crippen LogP contribution >= 0.6 is 11.8 Å². The highest BCUT2D eigenvalue weighted by Gasteiger charge is 2.25. The molecule has 2 N–H and O–H groups in total. The molecule has 1 saturated carbocycles. The molecular formula is C24H32N4O3S. The maximum absolute atomic E-state index is 12.7. The molecule has 0 saturated heterocycles. The number of thioether (sulfide) groups is 1. The monoisotopic (exact) mass is 456 g/mol. The van der Waals surface area contributed by atoms with Crippen molar-refractivity contribution in [2.45, 2.75) is 69.5 Å². The number of nitrogens with zero attached hydrogens (tertiary/aromatic N) is 2. The molecule has 1 aromatic carbocycles. The lowest BCUT2D eigenvalue weighted by Gasteiger charge is -2.21. The minimum atomic E-state index is -0.132. The van der Waals surface area contributed by atoms with E-state index in [1.807, 2.05) is 24.3 Å². The van der Waals surface area contributed by atoms with Gasteiger partial charge in [0.25, 0.3) is 0 Å². The van der Waals surface area contributed by atoms with Gasteiger partial charge >= 0.3 is 0 Å². The Labute approximate surface area is 193 Å². The molecule has 0 unspecified atom stereocenters. The van der Waals surface area contributed by atoms with Crippen LogP contribution in [0.5, 0.6) is 5.75 Å². The van der Waals surface area contributed by atoms with Crippen molar-refractivity contribution in [1.29, 1.82) is 0 Å². The average molecular weight is 457 g/mol. The van der Waals surface area contributed by atoms with Crippen LogP contribution in [0.4, 0.5) is 5.82 Å². The SMILES string of the molecule is COc1ccc(CNC(=O)Cn2nc3c(c2NC(=O)CCC2CCCCC2)CSC3)cc1. The lowest BCUT2D eigenvalue weighted by atomic mass is 9.86. The summed E-state index contributed by atoms with van der Waals surface area (Å²) in [7, 11) is 1.63. The van der Waals surface area contributed by atoms with E-state index in [2.05, 4.69) is 15.7 Å². The zero-order chi connectivity index (χ0) is 22.3. The topological polar surface area (TPSA) is 85.2 Å². The van der Waals surface area contributed by atoms with Gasteiger partial charge in [-0.3, -0.25) is 9.59 Å². The Balaban J connectivity index is 1.33. The predicted molar refractivity (Wildman–Crippen MR) is 127 cm³/mol. The molecule has 4 rings (SSSR count). The molecule has 2 heterocycles. The van der Waals surface area contributed by atoms with Gasteiger partial charge < -0.3 is 15.4 Å². The van der Waals surface area contributed by atoms with E-state index in [4.69, 9.17) is 4.74 Å². The van der Waals surface area contributed by atoms with Crippen LogP contribution in [0.1, 0.15) is 61.8 Å². The number of hydrogen-bond acceptors (Lipinski definition) is 5. The smallest absolute Gasteiger partial charge is 0.242 e. The number of carbonyl (C=O) groups excluding carboxylic acids is 2. The molecule has 0 bridgehead atoms. The Kier molecular flexibility index (Phi) is 7.73. The molecular weight excluding hydrogens is 424 g/mol. The van der Waals surface area contributed by atoms with E-state index in [-0.39, 0.29) is 18.4 Å². The number of ether oxygens (including phenoxy) is 1. The Morgan fingerprint density at radius 1 is 1.12 bits per heavy atom. The number of nitrogens with one attached hydrogen (secondary N) is 2. The summed E-state index contributed by atoms with van der Waals surface area (Å²) < 4.78 is 6.82. The molecule has 1 aliphatic carbocycles. The van der Waals surface area contributed by atoms with E-state index in [9.17, 15) is 9.59 Å². The molecule has 2 aromatic rings. The summed E-state index contributed by atoms with van der Waals surface area (Å²) in [5, 5.41) is 10.6. The highest BCUT2D eigenvalue weighted by atomic mass is 32.2. The highest BCUT2D eigenvalue weighted by Crippen LogP contribution is 2.35. The summed E-state index contributed by atoms with van der Waals surface area (Å²) in [6.45, 7) is 0.523. The summed E-state index contributed by atoms with van der Waals surface area (Å²) in [5.74, 6) is 3.68. The Hall–Kier alpha value is -2.48. The van der Waals surface area contributed by atoms with Crippen LogP contribution in [0.3, 0.4) is 0 Å². The minimum Gasteiger partial charge on any atom is -0.497 e. The molecule has 172 valence electrons. The Morgan fingerprint density at radius 3 is 2.66 bits per heavy atom. The number of carbonyl (C=O) groups is 2. The van der Waals surface area contributed by atoms with Crippen molar-refractivity contribution in [3.8, 4) is 5.75 Å². The average Bonchev–Trinajstić information content (AvgIpc) is 3.40. The second kappa shape index (κ2) is 10.9. The number of amides is 2. The fourth-order valence-electron chi connectivity index (χ4n) is 4.46. The summed E-state index contributed by atoms with van der Waals surface area (Å²) in [4.78, 5) is 25.3. The fraction of sp³-hybridized carbons (Fsp3) is 0.542. The van der Waals surface area contributed by atoms with Crippen LogP contribution in [0.2, 0.25) is 0 Å². The number of aromatic nitrogens is 2. The van der Waals surface area contributed by atoms with Gasteiger partial charge in [-0.1, -0.05) is 44.2 Å². The van der Waals surface area contributed by atoms with Crippen molar-refractivity contribution in [3.05, 3.63) is 41.1 Å². The third kappa shape index (κ3) is 5.85. The predicted octanol–water partition coefficient (Wildman–Crippen LogP) is 4.25. The van der Waals surface area contributed by atoms with Gasteiger partial charge in [-0.15, -0.1) is 0 Å². The number of methoxy groups -OCH3 is 1. The van der Waals surface area contributed by atoms with E-state index in [0.29, 0.717) is 24.7 Å². The quantitative estimate of drug-likeness (QED) is 0.589. The molecule has 32 heavy (non-hydrogen) atoms. The van der Waals surface area contributed by atoms with Crippen molar-refractivity contribution in [3.63, 3.8) is 0 Å². The standard InChI is InChI=1S/C24H32N4O3S/c1-31-19-10-7-18(8-11-19)13-25-23(30)14-28-24(20-15-32-16-21(20)27-28)26-22(29)12-9-17-5-3-2-4-6-17/h7-8,10-11,17H,2-6,9,12-16H2,1H3,(H,25,30)(H,26,29). The maximum atomic E-state index is 12.7.